The van der Waals surface area contributed by atoms with E-state index in [1.165, 1.54) is 0 Å². The molecule has 1 N–H and O–H groups in total. The van der Waals surface area contributed by atoms with Crippen LogP contribution in [-0.2, 0) is 6.54 Å². The molecule has 0 saturated carbocycles. The largest absolute Gasteiger partial charge is 0.481 e. The summed E-state index contributed by atoms with van der Waals surface area (Å²) in [6, 6.07) is 5.99. The highest BCUT2D eigenvalue weighted by atomic mass is 79.9. The fourth-order valence-corrected chi connectivity index (χ4v) is 2.08. The fraction of sp³-hybridized carbons (Fsp3) is 0.529. The lowest BCUT2D eigenvalue weighted by atomic mass is 9.81. The number of terminal acetylenes is 1. The third-order valence-corrected chi connectivity index (χ3v) is 4.29. The van der Waals surface area contributed by atoms with Crippen molar-refractivity contribution in [1.29, 1.82) is 0 Å². The van der Waals surface area contributed by atoms with Gasteiger partial charge in [0.2, 0.25) is 0 Å². The molecule has 110 valence electrons. The lowest BCUT2D eigenvalue weighted by Gasteiger charge is -2.29. The van der Waals surface area contributed by atoms with Crippen LogP contribution < -0.4 is 10.1 Å². The summed E-state index contributed by atoms with van der Waals surface area (Å²) in [5.74, 6) is 3.98. The summed E-state index contributed by atoms with van der Waals surface area (Å²) >= 11 is 3.50. The first-order chi connectivity index (χ1) is 9.36. The highest BCUT2D eigenvalue weighted by Gasteiger charge is 2.21. The molecule has 1 aromatic rings. The molecule has 0 amide bonds. The van der Waals surface area contributed by atoms with Crippen molar-refractivity contribution in [2.45, 2.75) is 34.2 Å². The molecule has 0 aliphatic heterocycles. The van der Waals surface area contributed by atoms with Crippen molar-refractivity contribution >= 4 is 15.9 Å². The molecule has 0 radical (unpaired) electrons. The van der Waals surface area contributed by atoms with Crippen LogP contribution in [0.25, 0.3) is 0 Å². The van der Waals surface area contributed by atoms with Gasteiger partial charge in [0, 0.05) is 23.1 Å². The summed E-state index contributed by atoms with van der Waals surface area (Å²) in [5.41, 5.74) is 1.39. The number of halogens is 1. The Balaban J connectivity index is 2.67. The molecule has 0 spiro atoms. The van der Waals surface area contributed by atoms with Crippen LogP contribution in [-0.4, -0.2) is 13.2 Å². The van der Waals surface area contributed by atoms with E-state index in [4.69, 9.17) is 11.2 Å². The van der Waals surface area contributed by atoms with Crippen molar-refractivity contribution in [3.05, 3.63) is 28.2 Å². The van der Waals surface area contributed by atoms with Gasteiger partial charge >= 0.3 is 0 Å². The Labute approximate surface area is 131 Å². The van der Waals surface area contributed by atoms with Crippen molar-refractivity contribution in [2.75, 3.05) is 13.2 Å². The van der Waals surface area contributed by atoms with Gasteiger partial charge in [-0.15, -0.1) is 6.42 Å². The molecule has 0 unspecified atom stereocenters. The Morgan fingerprint density at radius 3 is 2.70 bits per heavy atom. The molecule has 1 rings (SSSR count). The van der Waals surface area contributed by atoms with Crippen molar-refractivity contribution < 1.29 is 4.74 Å². The minimum absolute atomic E-state index is 0.270. The Morgan fingerprint density at radius 2 is 2.10 bits per heavy atom. The smallest absolute Gasteiger partial charge is 0.148 e. The highest BCUT2D eigenvalue weighted by Crippen LogP contribution is 2.26. The molecule has 0 heterocycles. The van der Waals surface area contributed by atoms with Crippen LogP contribution in [0, 0.1) is 23.7 Å². The molecule has 0 fully saturated rings. The monoisotopic (exact) mass is 337 g/mol. The average Bonchev–Trinajstić information content (AvgIpc) is 2.37. The summed E-state index contributed by atoms with van der Waals surface area (Å²) in [6.07, 6.45) is 5.25. The van der Waals surface area contributed by atoms with E-state index in [9.17, 15) is 0 Å². The van der Waals surface area contributed by atoms with Gasteiger partial charge < -0.3 is 10.1 Å². The Morgan fingerprint density at radius 1 is 1.40 bits per heavy atom. The number of benzene rings is 1. The molecule has 3 heteroatoms. The van der Waals surface area contributed by atoms with Gasteiger partial charge in [0.15, 0.2) is 0 Å². The van der Waals surface area contributed by atoms with Gasteiger partial charge in [-0.3, -0.25) is 0 Å². The topological polar surface area (TPSA) is 21.3 Å². The molecule has 0 aliphatic rings. The van der Waals surface area contributed by atoms with Gasteiger partial charge in [-0.25, -0.2) is 0 Å². The SMILES string of the molecule is C#CCOc1ccc(Br)cc1CNCC(C)(C)C(C)C. The second-order valence-electron chi connectivity index (χ2n) is 5.99. The number of rotatable bonds is 7. The van der Waals surface area contributed by atoms with E-state index < -0.39 is 0 Å². The second kappa shape index (κ2) is 7.71. The molecule has 0 bridgehead atoms. The van der Waals surface area contributed by atoms with Crippen LogP contribution in [0.3, 0.4) is 0 Å². The maximum Gasteiger partial charge on any atom is 0.148 e. The van der Waals surface area contributed by atoms with Crippen LogP contribution in [0.4, 0.5) is 0 Å². The number of ether oxygens (including phenoxy) is 1. The molecular formula is C17H24BrNO. The van der Waals surface area contributed by atoms with Gasteiger partial charge in [0.1, 0.15) is 12.4 Å². The van der Waals surface area contributed by atoms with Gasteiger partial charge in [0.25, 0.3) is 0 Å². The van der Waals surface area contributed by atoms with Crippen LogP contribution >= 0.6 is 15.9 Å². The van der Waals surface area contributed by atoms with E-state index >= 15 is 0 Å². The lowest BCUT2D eigenvalue weighted by Crippen LogP contribution is -2.33. The minimum Gasteiger partial charge on any atom is -0.481 e. The zero-order chi connectivity index (χ0) is 15.2. The van der Waals surface area contributed by atoms with E-state index in [-0.39, 0.29) is 5.41 Å². The molecule has 20 heavy (non-hydrogen) atoms. The predicted molar refractivity (Wildman–Crippen MR) is 88.8 cm³/mol. The number of hydrogen-bond donors (Lipinski definition) is 1. The van der Waals surface area contributed by atoms with Crippen LogP contribution in [0.1, 0.15) is 33.3 Å². The molecule has 0 aromatic heterocycles. The van der Waals surface area contributed by atoms with Gasteiger partial charge in [-0.05, 0) is 29.5 Å². The summed E-state index contributed by atoms with van der Waals surface area (Å²) in [7, 11) is 0. The quantitative estimate of drug-likeness (QED) is 0.751. The van der Waals surface area contributed by atoms with Gasteiger partial charge in [-0.1, -0.05) is 49.5 Å². The fourth-order valence-electron chi connectivity index (χ4n) is 1.67. The summed E-state index contributed by atoms with van der Waals surface area (Å²) in [4.78, 5) is 0. The zero-order valence-corrected chi connectivity index (χ0v) is 14.4. The summed E-state index contributed by atoms with van der Waals surface area (Å²) in [5, 5.41) is 3.51. The molecular weight excluding hydrogens is 314 g/mol. The number of nitrogens with one attached hydrogen (secondary N) is 1. The van der Waals surface area contributed by atoms with Crippen LogP contribution in [0.15, 0.2) is 22.7 Å². The Hall–Kier alpha value is -0.980. The van der Waals surface area contributed by atoms with E-state index in [1.54, 1.807) is 0 Å². The molecule has 0 saturated heterocycles. The van der Waals surface area contributed by atoms with Crippen LogP contribution in [0.5, 0.6) is 5.75 Å². The Kier molecular flexibility index (Phi) is 6.58. The van der Waals surface area contributed by atoms with Gasteiger partial charge in [-0.2, -0.15) is 0 Å². The first-order valence-corrected chi connectivity index (χ1v) is 7.71. The van der Waals surface area contributed by atoms with Crippen molar-refractivity contribution in [1.82, 2.24) is 5.32 Å². The Bertz CT molecular complexity index is 474. The zero-order valence-electron chi connectivity index (χ0n) is 12.8. The predicted octanol–water partition coefficient (Wildman–Crippen LogP) is 4.23. The lowest BCUT2D eigenvalue weighted by molar-refractivity contribution is 0.237. The standard InChI is InChI=1S/C17H24BrNO/c1-6-9-20-16-8-7-15(18)10-14(16)11-19-12-17(4,5)13(2)3/h1,7-8,10,13,19H,9,11-12H2,2-5H3. The molecule has 0 atom stereocenters. The second-order valence-corrected chi connectivity index (χ2v) is 6.91. The summed E-state index contributed by atoms with van der Waals surface area (Å²) in [6.45, 7) is 11.1. The highest BCUT2D eigenvalue weighted by molar-refractivity contribution is 9.10. The van der Waals surface area contributed by atoms with E-state index in [1.807, 2.05) is 12.1 Å². The first-order valence-electron chi connectivity index (χ1n) is 6.92. The van der Waals surface area contributed by atoms with Crippen molar-refractivity contribution in [3.63, 3.8) is 0 Å². The minimum atomic E-state index is 0.270. The molecule has 2 nitrogen and oxygen atoms in total. The maximum atomic E-state index is 5.57. The third kappa shape index (κ3) is 5.19. The van der Waals surface area contributed by atoms with E-state index in [0.29, 0.717) is 12.5 Å². The summed E-state index contributed by atoms with van der Waals surface area (Å²) < 4.78 is 6.62. The molecule has 0 aliphatic carbocycles. The maximum absolute atomic E-state index is 5.57. The van der Waals surface area contributed by atoms with Crippen molar-refractivity contribution in [2.24, 2.45) is 11.3 Å². The molecule has 1 aromatic carbocycles. The third-order valence-electron chi connectivity index (χ3n) is 3.79. The van der Waals surface area contributed by atoms with E-state index in [2.05, 4.69) is 60.9 Å². The van der Waals surface area contributed by atoms with Gasteiger partial charge in [0.05, 0.1) is 0 Å². The van der Waals surface area contributed by atoms with Crippen LogP contribution in [0.2, 0.25) is 0 Å². The average molecular weight is 338 g/mol. The normalized spacial score (nSPS) is 11.4. The number of hydrogen-bond acceptors (Lipinski definition) is 2. The first kappa shape index (κ1) is 17.1. The van der Waals surface area contributed by atoms with E-state index in [0.717, 1.165) is 28.9 Å². The van der Waals surface area contributed by atoms with Crippen molar-refractivity contribution in [3.8, 4) is 18.1 Å².